The third-order valence-electron chi connectivity index (χ3n) is 3.33. The van der Waals surface area contributed by atoms with Crippen LogP contribution in [0.15, 0.2) is 14.6 Å². The number of hydrogen-bond acceptors (Lipinski definition) is 14. The summed E-state index contributed by atoms with van der Waals surface area (Å²) in [5.41, 5.74) is 5.10. The zero-order chi connectivity index (χ0) is 20.4. The van der Waals surface area contributed by atoms with Crippen molar-refractivity contribution in [1.82, 2.24) is 9.97 Å². The molecule has 0 unspecified atom stereocenters. The fraction of sp³-hybridized carbons (Fsp3) is 0.400. The van der Waals surface area contributed by atoms with E-state index in [1.165, 1.54) is 0 Å². The molecule has 2 aliphatic rings. The molecule has 0 saturated heterocycles. The Morgan fingerprint density at radius 1 is 1.30 bits per heavy atom. The van der Waals surface area contributed by atoms with E-state index in [9.17, 15) is 19.1 Å². The van der Waals surface area contributed by atoms with Crippen LogP contribution in [-0.2, 0) is 64.4 Å². The van der Waals surface area contributed by atoms with Crippen LogP contribution in [0.5, 0.6) is 0 Å². The van der Waals surface area contributed by atoms with Gasteiger partial charge in [0.15, 0.2) is 12.0 Å². The van der Waals surface area contributed by atoms with Crippen molar-refractivity contribution in [1.29, 1.82) is 0 Å². The average Bonchev–Trinajstić information content (AvgIpc) is 2.55. The van der Waals surface area contributed by atoms with Crippen LogP contribution in [-0.4, -0.2) is 34.9 Å². The molecule has 0 saturated carbocycles. The van der Waals surface area contributed by atoms with Gasteiger partial charge in [0.25, 0.3) is 5.56 Å². The van der Waals surface area contributed by atoms with Crippen LogP contribution in [0.25, 0.3) is 0 Å². The molecule has 0 aliphatic carbocycles. The Bertz CT molecular complexity index is 900. The van der Waals surface area contributed by atoms with E-state index < -0.39 is 56.9 Å². The predicted molar refractivity (Wildman–Crippen MR) is 85.7 cm³/mol. The minimum atomic E-state index is -5.17. The second-order valence-electron chi connectivity index (χ2n) is 5.03. The molecule has 5 N–H and O–H groups in total. The van der Waals surface area contributed by atoms with Crippen molar-refractivity contribution in [3.05, 3.63) is 20.2 Å². The molecule has 2 aliphatic heterocycles. The molecule has 0 aromatic carbocycles. The fourth-order valence-electron chi connectivity index (χ4n) is 2.32. The standard InChI is InChI=1S/C10H14N5O6PS2.Mo.2O/c11-10-14-7-4(8(16)15-10)12-3-6(24)5(23)2(21-9(3)13-7)1-20-22(17,18)19;;;/h2-3,9,12,23-24H,1H2,(H2,17,18,19)(H4,11,13,14,15,16);;;/q;+2;;/p-4/t2-,3+,9-;;;/m1.../s1. The van der Waals surface area contributed by atoms with Crippen molar-refractivity contribution in [3.8, 4) is 0 Å². The summed E-state index contributed by atoms with van der Waals surface area (Å²) in [5, 5.41) is 5.71. The second kappa shape index (κ2) is 8.88. The van der Waals surface area contributed by atoms with E-state index in [0.717, 1.165) is 0 Å². The molecular formula is C10H10MoN5O8PS2-2. The maximum atomic E-state index is 11.9. The fourth-order valence-corrected chi connectivity index (χ4v) is 3.20. The molecule has 13 nitrogen and oxygen atoms in total. The van der Waals surface area contributed by atoms with Gasteiger partial charge in [0.2, 0.25) is 5.95 Å². The second-order valence-corrected chi connectivity index (χ2v) is 7.39. The summed E-state index contributed by atoms with van der Waals surface area (Å²) in [6.07, 6.45) is -1.82. The van der Waals surface area contributed by atoms with Crippen LogP contribution < -0.4 is 31.7 Å². The van der Waals surface area contributed by atoms with Gasteiger partial charge in [0.1, 0.15) is 5.69 Å². The molecule has 1 aromatic heterocycles. The number of aromatic amines is 1. The van der Waals surface area contributed by atoms with Crippen LogP contribution >= 0.6 is 7.82 Å². The van der Waals surface area contributed by atoms with E-state index in [1.807, 2.05) is 0 Å². The minimum absolute atomic E-state index is 0.0982. The molecule has 0 bridgehead atoms. The number of nitrogens with one attached hydrogen (secondary N) is 3. The van der Waals surface area contributed by atoms with Crippen LogP contribution in [0, 0.1) is 0 Å². The van der Waals surface area contributed by atoms with E-state index in [0.29, 0.717) is 0 Å². The van der Waals surface area contributed by atoms with Gasteiger partial charge in [-0.05, 0) is 0 Å². The number of aromatic nitrogens is 2. The summed E-state index contributed by atoms with van der Waals surface area (Å²) >= 11 is 8.35. The van der Waals surface area contributed by atoms with E-state index in [1.54, 1.807) is 0 Å². The predicted octanol–water partition coefficient (Wildman–Crippen LogP) is -2.81. The molecular weight excluding hydrogens is 509 g/mol. The number of nitrogens with two attached hydrogens (primary N) is 1. The maximum absolute atomic E-state index is 11.9. The van der Waals surface area contributed by atoms with Gasteiger partial charge in [0, 0.05) is 0 Å². The van der Waals surface area contributed by atoms with Gasteiger partial charge in [-0.2, -0.15) is 14.8 Å². The first kappa shape index (κ1) is 22.1. The summed E-state index contributed by atoms with van der Waals surface area (Å²) in [5.74, 6) is 0.0463. The molecule has 27 heavy (non-hydrogen) atoms. The number of nitrogens with zero attached hydrogens (tertiary/aromatic N) is 1. The van der Waals surface area contributed by atoms with Crippen molar-refractivity contribution in [2.45, 2.75) is 18.4 Å². The topological polar surface area (TPSA) is 212 Å². The third-order valence-corrected chi connectivity index (χ3v) is 4.88. The number of nitrogen functional groups attached to an aromatic ring is 1. The molecule has 0 spiro atoms. The summed E-state index contributed by atoms with van der Waals surface area (Å²) < 4.78 is 37.4. The first-order valence-corrected chi connectivity index (χ1v) is 10.7. The molecule has 0 radical (unpaired) electrons. The first-order chi connectivity index (χ1) is 12.6. The Labute approximate surface area is 170 Å². The number of hydrogen-bond donors (Lipinski definition) is 4. The Kier molecular flexibility index (Phi) is 7.27. The van der Waals surface area contributed by atoms with Crippen LogP contribution in [0.3, 0.4) is 0 Å². The molecule has 1 aromatic rings. The molecule has 3 heterocycles. The van der Waals surface area contributed by atoms with E-state index >= 15 is 0 Å². The van der Waals surface area contributed by atoms with Crippen molar-refractivity contribution in [2.75, 3.05) is 23.0 Å². The van der Waals surface area contributed by atoms with E-state index in [2.05, 4.69) is 25.1 Å². The number of anilines is 3. The molecule has 0 fully saturated rings. The van der Waals surface area contributed by atoms with Gasteiger partial charge < -0.3 is 65.2 Å². The summed E-state index contributed by atoms with van der Waals surface area (Å²) in [4.78, 5) is 39.7. The Balaban J connectivity index is 0.000000817. The van der Waals surface area contributed by atoms with E-state index in [4.69, 9.17) is 42.5 Å². The first-order valence-electron chi connectivity index (χ1n) is 6.82. The van der Waals surface area contributed by atoms with Gasteiger partial charge >= 0.3 is 25.3 Å². The number of H-pyrrole nitrogens is 1. The quantitative estimate of drug-likeness (QED) is 0.180. The zero-order valence-electron chi connectivity index (χ0n) is 12.9. The Hall–Kier alpha value is -1.18. The van der Waals surface area contributed by atoms with Gasteiger partial charge in [-0.3, -0.25) is 9.78 Å². The van der Waals surface area contributed by atoms with Gasteiger partial charge in [-0.1, -0.05) is 0 Å². The zero-order valence-corrected chi connectivity index (χ0v) is 17.4. The number of phosphoric acid groups is 1. The van der Waals surface area contributed by atoms with Gasteiger partial charge in [0.05, 0.1) is 26.6 Å². The summed E-state index contributed by atoms with van der Waals surface area (Å²) in [6.45, 7) is -0.591. The van der Waals surface area contributed by atoms with Crippen molar-refractivity contribution in [3.63, 3.8) is 0 Å². The van der Waals surface area contributed by atoms with Crippen molar-refractivity contribution in [2.24, 2.45) is 0 Å². The van der Waals surface area contributed by atoms with Gasteiger partial charge in [-0.15, -0.1) is 0 Å². The average molecular weight is 519 g/mol. The normalized spacial score (nSPS) is 23.6. The molecule has 3 atom stereocenters. The van der Waals surface area contributed by atoms with Crippen molar-refractivity contribution < 1.29 is 48.9 Å². The molecule has 3 rings (SSSR count). The Morgan fingerprint density at radius 3 is 2.52 bits per heavy atom. The number of phosphoric ester groups is 1. The molecule has 17 heteroatoms. The third kappa shape index (κ3) is 5.42. The van der Waals surface area contributed by atoms with Crippen LogP contribution in [0.2, 0.25) is 0 Å². The number of rotatable bonds is 3. The van der Waals surface area contributed by atoms with Crippen LogP contribution in [0.1, 0.15) is 0 Å². The molecule has 0 amide bonds. The SMILES string of the molecule is Nc1nc2c(c(=O)[nH]1)N[C@H]1C([S-])=C([S-])[C@@H](COP(=O)([O-])[O-])O[C@H]1N2.[O]=[Mo+2]=[O]. The van der Waals surface area contributed by atoms with E-state index in [-0.39, 0.29) is 27.3 Å². The molecule has 148 valence electrons. The number of ether oxygens (including phenoxy) is 1. The van der Waals surface area contributed by atoms with Crippen molar-refractivity contribution >= 4 is 50.5 Å². The summed E-state index contributed by atoms with van der Waals surface area (Å²) in [7, 11) is -5.17. The van der Waals surface area contributed by atoms with Gasteiger partial charge in [-0.25, -0.2) is 0 Å². The monoisotopic (exact) mass is 521 g/mol. The summed E-state index contributed by atoms with van der Waals surface area (Å²) in [6, 6.07) is -0.658. The van der Waals surface area contributed by atoms with Crippen LogP contribution in [0.4, 0.5) is 17.5 Å². The Morgan fingerprint density at radius 2 is 1.93 bits per heavy atom. The number of fused-ring (bicyclic) bond motifs is 2.